The highest BCUT2D eigenvalue weighted by atomic mass is 35.5. The summed E-state index contributed by atoms with van der Waals surface area (Å²) in [6, 6.07) is 7.66. The van der Waals surface area contributed by atoms with Crippen molar-refractivity contribution in [1.82, 2.24) is 4.98 Å². The number of rotatable bonds is 3. The van der Waals surface area contributed by atoms with E-state index in [1.54, 1.807) is 0 Å². The molecule has 0 unspecified atom stereocenters. The molecule has 0 radical (unpaired) electrons. The van der Waals surface area contributed by atoms with Crippen molar-refractivity contribution in [2.75, 3.05) is 0 Å². The molecule has 0 atom stereocenters. The number of benzene rings is 1. The molecule has 1 aromatic carbocycles. The van der Waals surface area contributed by atoms with E-state index in [2.05, 4.69) is 9.72 Å². The van der Waals surface area contributed by atoms with E-state index in [4.69, 9.17) is 16.7 Å². The zero-order valence-corrected chi connectivity index (χ0v) is 10.9. The minimum atomic E-state index is -4.83. The van der Waals surface area contributed by atoms with Gasteiger partial charge in [-0.2, -0.15) is 0 Å². The Morgan fingerprint density at radius 3 is 2.57 bits per heavy atom. The number of hydrogen-bond acceptors (Lipinski definition) is 3. The first-order chi connectivity index (χ1) is 9.76. The maximum atomic E-state index is 12.2. The fourth-order valence-corrected chi connectivity index (χ4v) is 1.84. The zero-order chi connectivity index (χ0) is 15.6. The Bertz CT molecular complexity index is 689. The van der Waals surface area contributed by atoms with Crippen LogP contribution in [0.15, 0.2) is 36.4 Å². The van der Waals surface area contributed by atoms with Gasteiger partial charge in [0.15, 0.2) is 5.69 Å². The van der Waals surface area contributed by atoms with Crippen molar-refractivity contribution in [3.8, 4) is 16.9 Å². The number of halogens is 4. The number of hydrogen-bond donors (Lipinski definition) is 1. The predicted molar refractivity (Wildman–Crippen MR) is 68.3 cm³/mol. The van der Waals surface area contributed by atoms with Crippen LogP contribution in [0.5, 0.6) is 5.75 Å². The Hall–Kier alpha value is -2.28. The minimum Gasteiger partial charge on any atom is -0.476 e. The van der Waals surface area contributed by atoms with Crippen LogP contribution in [0.1, 0.15) is 10.5 Å². The molecule has 0 spiro atoms. The van der Waals surface area contributed by atoms with Crippen molar-refractivity contribution in [3.63, 3.8) is 0 Å². The van der Waals surface area contributed by atoms with Crippen molar-refractivity contribution in [3.05, 3.63) is 47.2 Å². The average Bonchev–Trinajstić information content (AvgIpc) is 2.36. The van der Waals surface area contributed by atoms with Crippen LogP contribution in [0.25, 0.3) is 11.1 Å². The van der Waals surface area contributed by atoms with Crippen molar-refractivity contribution in [1.29, 1.82) is 0 Å². The summed E-state index contributed by atoms with van der Waals surface area (Å²) in [5.74, 6) is -1.79. The predicted octanol–water partition coefficient (Wildman–Crippen LogP) is 4.00. The van der Waals surface area contributed by atoms with Crippen molar-refractivity contribution >= 4 is 17.6 Å². The molecule has 2 rings (SSSR count). The standard InChI is InChI=1S/C13H7ClF3NO3/c14-10-5-4-9(11(18-10)12(19)20)7-2-1-3-8(6-7)21-13(15,16)17/h1-6H,(H,19,20). The molecule has 0 bridgehead atoms. The Kier molecular flexibility index (Phi) is 4.04. The highest BCUT2D eigenvalue weighted by Gasteiger charge is 2.31. The van der Waals surface area contributed by atoms with E-state index in [9.17, 15) is 18.0 Å². The molecule has 1 aromatic heterocycles. The number of nitrogens with zero attached hydrogens (tertiary/aromatic N) is 1. The smallest absolute Gasteiger partial charge is 0.476 e. The second-order valence-corrected chi connectivity index (χ2v) is 4.30. The lowest BCUT2D eigenvalue weighted by Crippen LogP contribution is -2.17. The third kappa shape index (κ3) is 3.85. The first-order valence-corrected chi connectivity index (χ1v) is 5.90. The van der Waals surface area contributed by atoms with Gasteiger partial charge in [0.2, 0.25) is 0 Å². The summed E-state index contributed by atoms with van der Waals surface area (Å²) in [5, 5.41) is 9.05. The molecule has 8 heteroatoms. The molecular formula is C13H7ClF3NO3. The van der Waals surface area contributed by atoms with Gasteiger partial charge in [0.1, 0.15) is 10.9 Å². The number of aromatic carboxylic acids is 1. The topological polar surface area (TPSA) is 59.4 Å². The fourth-order valence-electron chi connectivity index (χ4n) is 1.69. The third-order valence-corrected chi connectivity index (χ3v) is 2.65. The van der Waals surface area contributed by atoms with Crippen molar-refractivity contribution in [2.45, 2.75) is 6.36 Å². The van der Waals surface area contributed by atoms with Crippen LogP contribution in [-0.4, -0.2) is 22.4 Å². The Morgan fingerprint density at radius 2 is 1.95 bits per heavy atom. The fraction of sp³-hybridized carbons (Fsp3) is 0.0769. The Morgan fingerprint density at radius 1 is 1.24 bits per heavy atom. The van der Waals surface area contributed by atoms with Gasteiger partial charge < -0.3 is 9.84 Å². The van der Waals surface area contributed by atoms with Crippen molar-refractivity contribution < 1.29 is 27.8 Å². The van der Waals surface area contributed by atoms with Gasteiger partial charge in [0.25, 0.3) is 0 Å². The number of aromatic nitrogens is 1. The van der Waals surface area contributed by atoms with Gasteiger partial charge >= 0.3 is 12.3 Å². The molecule has 0 aliphatic heterocycles. The highest BCUT2D eigenvalue weighted by molar-refractivity contribution is 6.29. The summed E-state index contributed by atoms with van der Waals surface area (Å²) in [7, 11) is 0. The van der Waals surface area contributed by atoms with E-state index in [1.165, 1.54) is 24.3 Å². The number of ether oxygens (including phenoxy) is 1. The second-order valence-electron chi connectivity index (χ2n) is 3.91. The van der Waals surface area contributed by atoms with Crippen LogP contribution in [0, 0.1) is 0 Å². The number of pyridine rings is 1. The average molecular weight is 318 g/mol. The first-order valence-electron chi connectivity index (χ1n) is 5.52. The number of carboxylic acids is 1. The number of carbonyl (C=O) groups is 1. The van der Waals surface area contributed by atoms with Crippen LogP contribution < -0.4 is 4.74 Å². The molecule has 0 saturated heterocycles. The first kappa shape index (κ1) is 15.1. The largest absolute Gasteiger partial charge is 0.573 e. The van der Waals surface area contributed by atoms with E-state index in [1.807, 2.05) is 0 Å². The van der Waals surface area contributed by atoms with Gasteiger partial charge in [-0.3, -0.25) is 0 Å². The second kappa shape index (κ2) is 5.61. The van der Waals surface area contributed by atoms with Crippen LogP contribution in [-0.2, 0) is 0 Å². The van der Waals surface area contributed by atoms with Gasteiger partial charge in [-0.1, -0.05) is 23.7 Å². The van der Waals surface area contributed by atoms with Crippen molar-refractivity contribution in [2.24, 2.45) is 0 Å². The summed E-state index contributed by atoms with van der Waals surface area (Å²) in [6.07, 6.45) is -4.83. The molecule has 0 aliphatic rings. The van der Waals surface area contributed by atoms with Gasteiger partial charge in [0, 0.05) is 5.56 Å². The number of carboxylic acid groups (broad SMARTS) is 1. The molecule has 1 N–H and O–H groups in total. The van der Waals surface area contributed by atoms with Crippen LogP contribution in [0.3, 0.4) is 0 Å². The van der Waals surface area contributed by atoms with Gasteiger partial charge in [0.05, 0.1) is 0 Å². The summed E-state index contributed by atoms with van der Waals surface area (Å²) >= 11 is 5.62. The SMILES string of the molecule is O=C(O)c1nc(Cl)ccc1-c1cccc(OC(F)(F)F)c1. The maximum Gasteiger partial charge on any atom is 0.573 e. The molecule has 21 heavy (non-hydrogen) atoms. The van der Waals surface area contributed by atoms with Gasteiger partial charge in [-0.15, -0.1) is 13.2 Å². The summed E-state index contributed by atoms with van der Waals surface area (Å²) < 4.78 is 40.4. The summed E-state index contributed by atoms with van der Waals surface area (Å²) in [4.78, 5) is 14.8. The lowest BCUT2D eigenvalue weighted by atomic mass is 10.0. The van der Waals surface area contributed by atoms with E-state index >= 15 is 0 Å². The zero-order valence-electron chi connectivity index (χ0n) is 10.2. The van der Waals surface area contributed by atoms with Crippen LogP contribution >= 0.6 is 11.6 Å². The highest BCUT2D eigenvalue weighted by Crippen LogP contribution is 2.30. The van der Waals surface area contributed by atoms with Crippen LogP contribution in [0.4, 0.5) is 13.2 Å². The molecule has 0 fully saturated rings. The van der Waals surface area contributed by atoms with E-state index < -0.39 is 18.1 Å². The molecular weight excluding hydrogens is 311 g/mol. The molecule has 110 valence electrons. The molecule has 0 aliphatic carbocycles. The maximum absolute atomic E-state index is 12.2. The Balaban J connectivity index is 2.48. The molecule has 4 nitrogen and oxygen atoms in total. The lowest BCUT2D eigenvalue weighted by Gasteiger charge is -2.11. The molecule has 0 saturated carbocycles. The van der Waals surface area contributed by atoms with Gasteiger partial charge in [-0.25, -0.2) is 9.78 Å². The monoisotopic (exact) mass is 317 g/mol. The number of alkyl halides is 3. The normalized spacial score (nSPS) is 11.2. The molecule has 0 amide bonds. The van der Waals surface area contributed by atoms with E-state index in [0.29, 0.717) is 0 Å². The van der Waals surface area contributed by atoms with E-state index in [0.717, 1.165) is 12.1 Å². The summed E-state index contributed by atoms with van der Waals surface area (Å²) in [6.45, 7) is 0. The third-order valence-electron chi connectivity index (χ3n) is 2.44. The minimum absolute atomic E-state index is 0.0288. The molecule has 2 aromatic rings. The van der Waals surface area contributed by atoms with Crippen LogP contribution in [0.2, 0.25) is 5.15 Å². The van der Waals surface area contributed by atoms with Gasteiger partial charge in [-0.05, 0) is 29.8 Å². The lowest BCUT2D eigenvalue weighted by molar-refractivity contribution is -0.274. The quantitative estimate of drug-likeness (QED) is 0.869. The Labute approximate surface area is 121 Å². The molecule has 1 heterocycles. The summed E-state index contributed by atoms with van der Waals surface area (Å²) in [5.41, 5.74) is 0.00417. The van der Waals surface area contributed by atoms with E-state index in [-0.39, 0.29) is 22.0 Å².